The lowest BCUT2D eigenvalue weighted by atomic mass is 10.2. The first kappa shape index (κ1) is 13.9. The minimum atomic E-state index is -0.256. The van der Waals surface area contributed by atoms with Gasteiger partial charge in [-0.3, -0.25) is 4.79 Å². The molecule has 0 atom stereocenters. The van der Waals surface area contributed by atoms with Gasteiger partial charge in [0.1, 0.15) is 5.82 Å². The van der Waals surface area contributed by atoms with Gasteiger partial charge >= 0.3 is 0 Å². The fourth-order valence-electron chi connectivity index (χ4n) is 2.06. The van der Waals surface area contributed by atoms with Crippen molar-refractivity contribution in [2.45, 2.75) is 13.8 Å². The second kappa shape index (κ2) is 5.38. The number of carbonyl (C=O) groups excluding carboxylic acids is 1. The van der Waals surface area contributed by atoms with E-state index in [4.69, 9.17) is 11.6 Å². The minimum Gasteiger partial charge on any atom is -0.306 e. The molecule has 0 aromatic carbocycles. The highest BCUT2D eigenvalue weighted by atomic mass is 35.5. The lowest BCUT2D eigenvalue weighted by Crippen LogP contribution is -2.13. The molecular formula is C14H11ClN4OS. The van der Waals surface area contributed by atoms with Gasteiger partial charge in [0.2, 0.25) is 5.28 Å². The van der Waals surface area contributed by atoms with Crippen LogP contribution in [0.1, 0.15) is 21.6 Å². The third kappa shape index (κ3) is 2.86. The van der Waals surface area contributed by atoms with Crippen LogP contribution in [0.4, 0.5) is 5.82 Å². The van der Waals surface area contributed by atoms with Gasteiger partial charge in [-0.1, -0.05) is 0 Å². The van der Waals surface area contributed by atoms with Crippen molar-refractivity contribution in [3.8, 4) is 0 Å². The second-order valence-corrected chi connectivity index (χ2v) is 5.88. The minimum absolute atomic E-state index is 0.125. The maximum atomic E-state index is 12.4. The highest BCUT2D eigenvalue weighted by molar-refractivity contribution is 7.17. The lowest BCUT2D eigenvalue weighted by Gasteiger charge is -2.05. The highest BCUT2D eigenvalue weighted by Gasteiger charge is 2.15. The van der Waals surface area contributed by atoms with E-state index in [0.717, 1.165) is 16.0 Å². The van der Waals surface area contributed by atoms with Crippen LogP contribution in [-0.2, 0) is 0 Å². The molecule has 106 valence electrons. The van der Waals surface area contributed by atoms with Crippen LogP contribution in [0.2, 0.25) is 5.28 Å². The van der Waals surface area contributed by atoms with E-state index in [1.165, 1.54) is 11.3 Å². The molecule has 0 aliphatic heterocycles. The predicted octanol–water partition coefficient (Wildman–Crippen LogP) is 3.61. The summed E-state index contributed by atoms with van der Waals surface area (Å²) in [6, 6.07) is 3.77. The molecule has 0 bridgehead atoms. The Morgan fingerprint density at radius 3 is 2.86 bits per heavy atom. The predicted molar refractivity (Wildman–Crippen MR) is 84.1 cm³/mol. The van der Waals surface area contributed by atoms with E-state index in [1.807, 2.05) is 26.0 Å². The third-order valence-electron chi connectivity index (χ3n) is 2.87. The first-order valence-corrected chi connectivity index (χ1v) is 7.45. The van der Waals surface area contributed by atoms with Gasteiger partial charge in [-0.25, -0.2) is 15.0 Å². The molecule has 3 aromatic heterocycles. The summed E-state index contributed by atoms with van der Waals surface area (Å²) < 4.78 is 0.818. The summed E-state index contributed by atoms with van der Waals surface area (Å²) >= 11 is 7.20. The standard InChI is InChI=1S/C14H11ClN4OS/c1-7-3-8(2)17-11(4-7)18-13(20)9-6-21-10-5-16-14(15)19-12(9)10/h3-6H,1-2H3,(H,17,18,20). The van der Waals surface area contributed by atoms with Gasteiger partial charge < -0.3 is 5.32 Å². The van der Waals surface area contributed by atoms with Crippen molar-refractivity contribution >= 4 is 44.9 Å². The Kier molecular flexibility index (Phi) is 3.57. The lowest BCUT2D eigenvalue weighted by molar-refractivity contribution is 0.102. The van der Waals surface area contributed by atoms with Crippen molar-refractivity contribution < 1.29 is 4.79 Å². The summed E-state index contributed by atoms with van der Waals surface area (Å²) in [6.07, 6.45) is 1.61. The number of hydrogen-bond acceptors (Lipinski definition) is 5. The monoisotopic (exact) mass is 318 g/mol. The molecule has 0 spiro atoms. The number of carbonyl (C=O) groups is 1. The molecular weight excluding hydrogens is 308 g/mol. The number of thiophene rings is 1. The van der Waals surface area contributed by atoms with Crippen LogP contribution in [0.5, 0.6) is 0 Å². The first-order chi connectivity index (χ1) is 10.0. The fourth-order valence-corrected chi connectivity index (χ4v) is 3.03. The maximum absolute atomic E-state index is 12.4. The molecule has 1 amide bonds. The Morgan fingerprint density at radius 1 is 1.29 bits per heavy atom. The zero-order chi connectivity index (χ0) is 15.0. The van der Waals surface area contributed by atoms with E-state index in [-0.39, 0.29) is 11.2 Å². The van der Waals surface area contributed by atoms with Crippen molar-refractivity contribution in [2.24, 2.45) is 0 Å². The fraction of sp³-hybridized carbons (Fsp3) is 0.143. The van der Waals surface area contributed by atoms with E-state index < -0.39 is 0 Å². The summed E-state index contributed by atoms with van der Waals surface area (Å²) in [6.45, 7) is 3.84. The summed E-state index contributed by atoms with van der Waals surface area (Å²) in [4.78, 5) is 24.7. The molecule has 0 aliphatic rings. The number of rotatable bonds is 2. The van der Waals surface area contributed by atoms with E-state index in [2.05, 4.69) is 20.3 Å². The summed E-state index contributed by atoms with van der Waals surface area (Å²) in [5, 5.41) is 4.66. The molecule has 0 aliphatic carbocycles. The van der Waals surface area contributed by atoms with Crippen molar-refractivity contribution in [3.05, 3.63) is 45.8 Å². The molecule has 0 fully saturated rings. The Morgan fingerprint density at radius 2 is 2.10 bits per heavy atom. The number of aryl methyl sites for hydroxylation is 2. The average Bonchev–Trinajstić information content (AvgIpc) is 2.80. The highest BCUT2D eigenvalue weighted by Crippen LogP contribution is 2.25. The molecule has 0 radical (unpaired) electrons. The van der Waals surface area contributed by atoms with Gasteiger partial charge in [0.05, 0.1) is 15.8 Å². The van der Waals surface area contributed by atoms with Crippen LogP contribution in [-0.4, -0.2) is 20.9 Å². The quantitative estimate of drug-likeness (QED) is 0.733. The molecule has 7 heteroatoms. The van der Waals surface area contributed by atoms with Crippen LogP contribution >= 0.6 is 22.9 Å². The van der Waals surface area contributed by atoms with Gasteiger partial charge in [0.15, 0.2) is 0 Å². The van der Waals surface area contributed by atoms with E-state index >= 15 is 0 Å². The van der Waals surface area contributed by atoms with Crippen LogP contribution in [0.3, 0.4) is 0 Å². The molecule has 1 N–H and O–H groups in total. The normalized spacial score (nSPS) is 10.8. The molecule has 3 aromatic rings. The Bertz CT molecular complexity index is 826. The zero-order valence-corrected chi connectivity index (χ0v) is 12.9. The average molecular weight is 319 g/mol. The topological polar surface area (TPSA) is 67.8 Å². The molecule has 0 saturated heterocycles. The zero-order valence-electron chi connectivity index (χ0n) is 11.3. The van der Waals surface area contributed by atoms with Crippen molar-refractivity contribution in [2.75, 3.05) is 5.32 Å². The summed E-state index contributed by atoms with van der Waals surface area (Å²) in [5.74, 6) is 0.269. The van der Waals surface area contributed by atoms with Crippen LogP contribution in [0.15, 0.2) is 23.7 Å². The third-order valence-corrected chi connectivity index (χ3v) is 3.96. The van der Waals surface area contributed by atoms with Gasteiger partial charge in [-0.2, -0.15) is 0 Å². The second-order valence-electron chi connectivity index (χ2n) is 4.63. The number of amides is 1. The Labute approximate surface area is 130 Å². The van der Waals surface area contributed by atoms with Gasteiger partial charge in [0.25, 0.3) is 5.91 Å². The summed E-state index contributed by atoms with van der Waals surface area (Å²) in [5.41, 5.74) is 2.92. The number of nitrogens with one attached hydrogen (secondary N) is 1. The van der Waals surface area contributed by atoms with Gasteiger partial charge in [0, 0.05) is 17.3 Å². The largest absolute Gasteiger partial charge is 0.306 e. The first-order valence-electron chi connectivity index (χ1n) is 6.19. The van der Waals surface area contributed by atoms with E-state index in [9.17, 15) is 4.79 Å². The number of fused-ring (bicyclic) bond motifs is 1. The molecule has 0 unspecified atom stereocenters. The van der Waals surface area contributed by atoms with Crippen molar-refractivity contribution in [1.82, 2.24) is 15.0 Å². The molecule has 21 heavy (non-hydrogen) atoms. The smallest absolute Gasteiger partial charge is 0.259 e. The van der Waals surface area contributed by atoms with E-state index in [1.54, 1.807) is 11.6 Å². The number of pyridine rings is 1. The molecule has 3 rings (SSSR count). The Hall–Kier alpha value is -2.05. The van der Waals surface area contributed by atoms with Gasteiger partial charge in [-0.05, 0) is 43.1 Å². The Balaban J connectivity index is 1.95. The molecule has 0 saturated carbocycles. The summed E-state index contributed by atoms with van der Waals surface area (Å²) in [7, 11) is 0. The van der Waals surface area contributed by atoms with Crippen molar-refractivity contribution in [3.63, 3.8) is 0 Å². The van der Waals surface area contributed by atoms with Crippen LogP contribution < -0.4 is 5.32 Å². The van der Waals surface area contributed by atoms with E-state index in [0.29, 0.717) is 16.9 Å². The number of halogens is 1. The molecule has 5 nitrogen and oxygen atoms in total. The maximum Gasteiger partial charge on any atom is 0.259 e. The van der Waals surface area contributed by atoms with Crippen molar-refractivity contribution in [1.29, 1.82) is 0 Å². The number of nitrogens with zero attached hydrogens (tertiary/aromatic N) is 3. The number of hydrogen-bond donors (Lipinski definition) is 1. The SMILES string of the molecule is Cc1cc(C)nc(NC(=O)c2csc3cnc(Cl)nc23)c1. The van der Waals surface area contributed by atoms with Crippen LogP contribution in [0.25, 0.3) is 10.2 Å². The number of aromatic nitrogens is 3. The number of anilines is 1. The van der Waals surface area contributed by atoms with Gasteiger partial charge in [-0.15, -0.1) is 11.3 Å². The van der Waals surface area contributed by atoms with Crippen LogP contribution in [0, 0.1) is 13.8 Å². The molecule has 3 heterocycles.